The van der Waals surface area contributed by atoms with Crippen LogP contribution in [0, 0.1) is 18.8 Å². The largest absolute Gasteiger partial charge is 0.345 e. The molecule has 0 bridgehead atoms. The molecule has 3 rings (SSSR count). The molecule has 0 saturated heterocycles. The van der Waals surface area contributed by atoms with E-state index in [-0.39, 0.29) is 48.8 Å². The van der Waals surface area contributed by atoms with Gasteiger partial charge in [-0.05, 0) is 55.0 Å². The van der Waals surface area contributed by atoms with Crippen molar-refractivity contribution < 1.29 is 19.2 Å². The Labute approximate surface area is 279 Å². The summed E-state index contributed by atoms with van der Waals surface area (Å²) >= 11 is 0. The Morgan fingerprint density at radius 1 is 0.809 bits per heavy atom. The first-order chi connectivity index (χ1) is 22.7. The third-order valence-electron chi connectivity index (χ3n) is 8.59. The van der Waals surface area contributed by atoms with Gasteiger partial charge in [0.15, 0.2) is 5.78 Å². The number of benzene rings is 2. The molecule has 0 aliphatic rings. The molecule has 3 aromatic rings. The van der Waals surface area contributed by atoms with Crippen LogP contribution in [-0.2, 0) is 25.6 Å². The van der Waals surface area contributed by atoms with Crippen LogP contribution >= 0.6 is 0 Å². The topological polar surface area (TPSA) is 143 Å². The van der Waals surface area contributed by atoms with Crippen LogP contribution in [0.5, 0.6) is 0 Å². The van der Waals surface area contributed by atoms with Crippen LogP contribution in [0.25, 0.3) is 0 Å². The fraction of sp³-hybridized carbons (Fsp3) is 0.447. The lowest BCUT2D eigenvalue weighted by molar-refractivity contribution is -0.134. The highest BCUT2D eigenvalue weighted by Gasteiger charge is 2.33. The Morgan fingerprint density at radius 2 is 1.45 bits per heavy atom. The van der Waals surface area contributed by atoms with Crippen LogP contribution in [0.3, 0.4) is 0 Å². The number of rotatable bonds is 19. The number of aryl methyl sites for hydroxylation is 1. The van der Waals surface area contributed by atoms with E-state index < -0.39 is 23.9 Å². The van der Waals surface area contributed by atoms with Gasteiger partial charge in [-0.25, -0.2) is 0 Å². The van der Waals surface area contributed by atoms with Gasteiger partial charge in [0.2, 0.25) is 17.7 Å². The molecule has 2 aromatic carbocycles. The molecule has 1 heterocycles. The van der Waals surface area contributed by atoms with E-state index in [0.29, 0.717) is 31.5 Å². The highest BCUT2D eigenvalue weighted by Crippen LogP contribution is 2.25. The molecule has 3 amide bonds. The number of nitrogens with one attached hydrogen (secondary N) is 3. The van der Waals surface area contributed by atoms with Crippen molar-refractivity contribution in [2.75, 3.05) is 6.54 Å². The predicted molar refractivity (Wildman–Crippen MR) is 185 cm³/mol. The number of carbonyl (C=O) groups excluding carboxylic acids is 4. The van der Waals surface area contributed by atoms with Crippen LogP contribution in [0.2, 0.25) is 0 Å². The van der Waals surface area contributed by atoms with Gasteiger partial charge >= 0.3 is 0 Å². The molecule has 47 heavy (non-hydrogen) atoms. The Hall–Kier alpha value is -4.37. The third kappa shape index (κ3) is 11.7. The van der Waals surface area contributed by atoms with Gasteiger partial charge < -0.3 is 21.7 Å². The summed E-state index contributed by atoms with van der Waals surface area (Å²) in [7, 11) is 0. The van der Waals surface area contributed by atoms with E-state index >= 15 is 0 Å². The van der Waals surface area contributed by atoms with Gasteiger partial charge in [0.25, 0.3) is 0 Å². The second-order valence-electron chi connectivity index (χ2n) is 12.3. The zero-order valence-corrected chi connectivity index (χ0v) is 28.2. The number of hydrogen-bond acceptors (Lipinski definition) is 6. The standard InChI is InChI=1S/C38H51N5O4/c1-5-27(4)35(42-38(47)32(41-34(45)6-2)24-31-21-20-26(3)25-40-31)33(44)23-30(19-13-14-22-39)37(46)43-36(28-15-9-7-10-16-28)29-17-11-8-12-18-29/h7-12,15-18,20-21,25,27,30,32,35-36H,5-6,13-14,19,22-24,39H2,1-4H3,(H,41,45)(H,42,47)(H,43,46)/t27-,30+,32-,35-/m0/s1. The number of amides is 3. The summed E-state index contributed by atoms with van der Waals surface area (Å²) in [5.74, 6) is -1.97. The van der Waals surface area contributed by atoms with Gasteiger partial charge in [0.05, 0.1) is 12.1 Å². The van der Waals surface area contributed by atoms with E-state index in [1.807, 2.05) is 93.6 Å². The van der Waals surface area contributed by atoms with E-state index in [0.717, 1.165) is 23.1 Å². The first-order valence-corrected chi connectivity index (χ1v) is 16.8. The van der Waals surface area contributed by atoms with Crippen molar-refractivity contribution in [3.05, 3.63) is 101 Å². The monoisotopic (exact) mass is 641 g/mol. The lowest BCUT2D eigenvalue weighted by Crippen LogP contribution is -2.54. The number of carbonyl (C=O) groups is 4. The van der Waals surface area contributed by atoms with Crippen LogP contribution in [0.1, 0.15) is 87.7 Å². The number of ketones is 1. The fourth-order valence-electron chi connectivity index (χ4n) is 5.50. The molecule has 0 aliphatic carbocycles. The maximum absolute atomic E-state index is 14.0. The molecule has 4 atom stereocenters. The van der Waals surface area contributed by atoms with E-state index in [9.17, 15) is 19.2 Å². The highest BCUT2D eigenvalue weighted by molar-refractivity contribution is 5.95. The molecule has 9 nitrogen and oxygen atoms in total. The van der Waals surface area contributed by atoms with Gasteiger partial charge in [0.1, 0.15) is 6.04 Å². The molecule has 0 spiro atoms. The minimum atomic E-state index is -0.904. The van der Waals surface area contributed by atoms with E-state index in [4.69, 9.17) is 5.73 Å². The van der Waals surface area contributed by atoms with Crippen LogP contribution in [-0.4, -0.2) is 47.1 Å². The summed E-state index contributed by atoms with van der Waals surface area (Å²) in [6.07, 6.45) is 4.63. The van der Waals surface area contributed by atoms with E-state index in [1.54, 1.807) is 13.1 Å². The summed E-state index contributed by atoms with van der Waals surface area (Å²) < 4.78 is 0. The molecule has 0 radical (unpaired) electrons. The third-order valence-corrected chi connectivity index (χ3v) is 8.59. The summed E-state index contributed by atoms with van der Waals surface area (Å²) in [5.41, 5.74) is 9.28. The van der Waals surface area contributed by atoms with Gasteiger partial charge in [0, 0.05) is 37.1 Å². The molecule has 252 valence electrons. The van der Waals surface area contributed by atoms with Gasteiger partial charge in [-0.15, -0.1) is 0 Å². The maximum atomic E-state index is 14.0. The molecule has 0 saturated carbocycles. The first kappa shape index (κ1) is 37.1. The lowest BCUT2D eigenvalue weighted by Gasteiger charge is -2.28. The Balaban J connectivity index is 1.83. The molecule has 0 fully saturated rings. The van der Waals surface area contributed by atoms with Crippen LogP contribution in [0.15, 0.2) is 79.0 Å². The first-order valence-electron chi connectivity index (χ1n) is 16.8. The number of Topliss-reactive ketones (excluding diaryl/α,β-unsaturated/α-hetero) is 1. The maximum Gasteiger partial charge on any atom is 0.243 e. The Morgan fingerprint density at radius 3 is 1.98 bits per heavy atom. The molecular weight excluding hydrogens is 590 g/mol. The lowest BCUT2D eigenvalue weighted by atomic mass is 9.87. The molecule has 5 N–H and O–H groups in total. The quantitative estimate of drug-likeness (QED) is 0.136. The second-order valence-corrected chi connectivity index (χ2v) is 12.3. The van der Waals surface area contributed by atoms with Crippen molar-refractivity contribution in [1.29, 1.82) is 0 Å². The fourth-order valence-corrected chi connectivity index (χ4v) is 5.50. The van der Waals surface area contributed by atoms with Crippen molar-refractivity contribution in [2.45, 2.75) is 90.8 Å². The molecular formula is C38H51N5O4. The number of nitrogens with two attached hydrogens (primary N) is 1. The SMILES string of the molecule is CCC(=O)N[C@@H](Cc1ccc(C)cn1)C(=O)N[C@H](C(=O)C[C@@H](CCCCN)C(=O)NC(c1ccccc1)c1ccccc1)[C@@H](C)CC. The van der Waals surface area contributed by atoms with Crippen molar-refractivity contribution in [1.82, 2.24) is 20.9 Å². The van der Waals surface area contributed by atoms with Crippen molar-refractivity contribution >= 4 is 23.5 Å². The summed E-state index contributed by atoms with van der Waals surface area (Å²) in [4.78, 5) is 58.5. The van der Waals surface area contributed by atoms with E-state index in [1.165, 1.54) is 0 Å². The van der Waals surface area contributed by atoms with Crippen molar-refractivity contribution in [3.8, 4) is 0 Å². The van der Waals surface area contributed by atoms with Crippen molar-refractivity contribution in [3.63, 3.8) is 0 Å². The average molecular weight is 642 g/mol. The van der Waals surface area contributed by atoms with Gasteiger partial charge in [-0.1, -0.05) is 100 Å². The summed E-state index contributed by atoms with van der Waals surface area (Å²) in [6, 6.07) is 21.1. The number of nitrogens with zero attached hydrogens (tertiary/aromatic N) is 1. The van der Waals surface area contributed by atoms with Gasteiger partial charge in [-0.2, -0.15) is 0 Å². The van der Waals surface area contributed by atoms with Crippen LogP contribution < -0.4 is 21.7 Å². The predicted octanol–water partition coefficient (Wildman–Crippen LogP) is 4.97. The zero-order chi connectivity index (χ0) is 34.2. The van der Waals surface area contributed by atoms with Crippen LogP contribution in [0.4, 0.5) is 0 Å². The molecule has 9 heteroatoms. The number of pyridine rings is 1. The summed E-state index contributed by atoms with van der Waals surface area (Å²) in [5, 5.41) is 8.97. The van der Waals surface area contributed by atoms with E-state index in [2.05, 4.69) is 20.9 Å². The number of aromatic nitrogens is 1. The minimum absolute atomic E-state index is 0.0342. The Bertz CT molecular complexity index is 1380. The molecule has 0 unspecified atom stereocenters. The summed E-state index contributed by atoms with van der Waals surface area (Å²) in [6.45, 7) is 8.00. The highest BCUT2D eigenvalue weighted by atomic mass is 16.2. The molecule has 0 aliphatic heterocycles. The average Bonchev–Trinajstić information content (AvgIpc) is 3.09. The second kappa shape index (κ2) is 19.3. The van der Waals surface area contributed by atoms with Gasteiger partial charge in [-0.3, -0.25) is 24.2 Å². The number of hydrogen-bond donors (Lipinski definition) is 4. The number of unbranched alkanes of at least 4 members (excludes halogenated alkanes) is 1. The zero-order valence-electron chi connectivity index (χ0n) is 28.2. The molecule has 1 aromatic heterocycles. The Kier molecular flexibility index (Phi) is 15.3. The normalized spacial score (nSPS) is 13.7. The minimum Gasteiger partial charge on any atom is -0.345 e. The smallest absolute Gasteiger partial charge is 0.243 e. The van der Waals surface area contributed by atoms with Crippen molar-refractivity contribution in [2.24, 2.45) is 17.6 Å².